The largest absolute Gasteiger partial charge is 0.465 e. The number of fused-ring (bicyclic) bond motifs is 1. The number of hydrogen-bond acceptors (Lipinski definition) is 3. The van der Waals surface area contributed by atoms with Gasteiger partial charge in [-0.05, 0) is 38.5 Å². The van der Waals surface area contributed by atoms with Crippen molar-refractivity contribution in [1.29, 1.82) is 0 Å². The number of carbonyl (C=O) groups excluding carboxylic acids is 1. The molecule has 0 radical (unpaired) electrons. The number of aromatic nitrogens is 2. The summed E-state index contributed by atoms with van der Waals surface area (Å²) >= 11 is 3.61. The first-order chi connectivity index (χ1) is 10.4. The Labute approximate surface area is 137 Å². The number of ketones is 1. The Morgan fingerprint density at radius 1 is 1.45 bits per heavy atom. The summed E-state index contributed by atoms with van der Waals surface area (Å²) in [6, 6.07) is 0.148. The van der Waals surface area contributed by atoms with Crippen LogP contribution in [-0.2, 0) is 6.42 Å². The Bertz CT molecular complexity index is 618. The molecule has 1 saturated heterocycles. The van der Waals surface area contributed by atoms with E-state index in [0.29, 0.717) is 31.6 Å². The summed E-state index contributed by atoms with van der Waals surface area (Å²) in [4.78, 5) is 25.1. The molecule has 1 aromatic heterocycles. The summed E-state index contributed by atoms with van der Waals surface area (Å²) in [5.41, 5.74) is 1.52. The van der Waals surface area contributed by atoms with Crippen LogP contribution < -0.4 is 0 Å². The van der Waals surface area contributed by atoms with Crippen LogP contribution in [0.2, 0.25) is 0 Å². The van der Waals surface area contributed by atoms with Crippen LogP contribution in [0.25, 0.3) is 0 Å². The lowest BCUT2D eigenvalue weighted by Gasteiger charge is -2.45. The van der Waals surface area contributed by atoms with Crippen LogP contribution in [0.3, 0.4) is 0 Å². The van der Waals surface area contributed by atoms with Crippen molar-refractivity contribution in [3.8, 4) is 0 Å². The van der Waals surface area contributed by atoms with E-state index in [1.807, 2.05) is 13.8 Å². The number of alkyl halides is 1. The maximum atomic E-state index is 12.9. The van der Waals surface area contributed by atoms with Gasteiger partial charge in [0.05, 0.1) is 11.0 Å². The van der Waals surface area contributed by atoms with Crippen LogP contribution in [-0.4, -0.2) is 49.6 Å². The highest BCUT2D eigenvalue weighted by Gasteiger charge is 2.49. The van der Waals surface area contributed by atoms with Gasteiger partial charge in [0.2, 0.25) is 0 Å². The minimum Gasteiger partial charge on any atom is -0.465 e. The SMILES string of the molecule is CC(C)n1ncc2c1C(=O)C(Br)C1(CCN(C(=O)O)CC1)C2. The summed E-state index contributed by atoms with van der Waals surface area (Å²) < 4.78 is 1.80. The van der Waals surface area contributed by atoms with E-state index in [4.69, 9.17) is 5.11 Å². The summed E-state index contributed by atoms with van der Waals surface area (Å²) in [6.07, 6.45) is 3.11. The number of halogens is 1. The van der Waals surface area contributed by atoms with Crippen molar-refractivity contribution >= 4 is 27.8 Å². The fraction of sp³-hybridized carbons (Fsp3) is 0.667. The van der Waals surface area contributed by atoms with E-state index < -0.39 is 6.09 Å². The molecule has 0 bridgehead atoms. The van der Waals surface area contributed by atoms with Crippen molar-refractivity contribution in [2.24, 2.45) is 5.41 Å². The van der Waals surface area contributed by atoms with Gasteiger partial charge in [-0.15, -0.1) is 0 Å². The maximum absolute atomic E-state index is 12.9. The van der Waals surface area contributed by atoms with E-state index in [-0.39, 0.29) is 22.1 Å². The Kier molecular flexibility index (Phi) is 3.79. The zero-order chi connectivity index (χ0) is 16.1. The molecule has 1 fully saturated rings. The number of carboxylic acid groups (broad SMARTS) is 1. The predicted octanol–water partition coefficient (Wildman–Crippen LogP) is 2.73. The number of amides is 1. The molecule has 0 saturated carbocycles. The van der Waals surface area contributed by atoms with Crippen LogP contribution in [0.5, 0.6) is 0 Å². The van der Waals surface area contributed by atoms with Crippen LogP contribution in [0, 0.1) is 5.41 Å². The van der Waals surface area contributed by atoms with Gasteiger partial charge in [0.1, 0.15) is 5.69 Å². The molecule has 3 rings (SSSR count). The molecule has 7 heteroatoms. The van der Waals surface area contributed by atoms with Gasteiger partial charge >= 0.3 is 6.09 Å². The minimum atomic E-state index is -0.878. The third-order valence-electron chi connectivity index (χ3n) is 4.93. The lowest BCUT2D eigenvalue weighted by atomic mass is 9.67. The molecular formula is C15H20BrN3O3. The number of Topliss-reactive ketones (excluding diaryl/α,β-unsaturated/α-hetero) is 1. The second-order valence-electron chi connectivity index (χ2n) is 6.59. The summed E-state index contributed by atoms with van der Waals surface area (Å²) in [6.45, 7) is 5.00. The summed E-state index contributed by atoms with van der Waals surface area (Å²) in [7, 11) is 0. The molecule has 2 aliphatic rings. The highest BCUT2D eigenvalue weighted by Crippen LogP contribution is 2.47. The van der Waals surface area contributed by atoms with Crippen molar-refractivity contribution in [3.05, 3.63) is 17.5 Å². The van der Waals surface area contributed by atoms with Crippen molar-refractivity contribution in [2.75, 3.05) is 13.1 Å². The number of rotatable bonds is 1. The first kappa shape index (κ1) is 15.5. The molecule has 2 heterocycles. The molecule has 120 valence electrons. The van der Waals surface area contributed by atoms with E-state index in [1.54, 1.807) is 10.9 Å². The molecule has 1 atom stereocenters. The topological polar surface area (TPSA) is 75.4 Å². The van der Waals surface area contributed by atoms with Gasteiger partial charge in [0.25, 0.3) is 0 Å². The Hall–Kier alpha value is -1.37. The zero-order valence-electron chi connectivity index (χ0n) is 12.8. The summed E-state index contributed by atoms with van der Waals surface area (Å²) in [5, 5.41) is 13.5. The average molecular weight is 370 g/mol. The standard InChI is InChI=1S/C15H20BrN3O3/c1-9(2)19-11-10(8-17-19)7-15(13(16)12(11)20)3-5-18(6-4-15)14(21)22/h8-9,13H,3-7H2,1-2H3,(H,21,22). The van der Waals surface area contributed by atoms with Crippen LogP contribution in [0.1, 0.15) is 48.8 Å². The van der Waals surface area contributed by atoms with Crippen LogP contribution in [0.15, 0.2) is 6.20 Å². The third-order valence-corrected chi connectivity index (χ3v) is 6.32. The zero-order valence-corrected chi connectivity index (χ0v) is 14.3. The number of carbonyl (C=O) groups is 2. The van der Waals surface area contributed by atoms with E-state index >= 15 is 0 Å². The molecule has 1 aromatic rings. The Balaban J connectivity index is 1.91. The van der Waals surface area contributed by atoms with Crippen molar-refractivity contribution in [1.82, 2.24) is 14.7 Å². The minimum absolute atomic E-state index is 0.0798. The number of piperidine rings is 1. The molecule has 1 amide bonds. The average Bonchev–Trinajstić information content (AvgIpc) is 2.89. The van der Waals surface area contributed by atoms with E-state index in [2.05, 4.69) is 21.0 Å². The van der Waals surface area contributed by atoms with Crippen LogP contribution >= 0.6 is 15.9 Å². The fourth-order valence-corrected chi connectivity index (χ4v) is 4.47. The first-order valence-corrected chi connectivity index (χ1v) is 8.50. The van der Waals surface area contributed by atoms with Gasteiger partial charge in [0.15, 0.2) is 5.78 Å². The van der Waals surface area contributed by atoms with Gasteiger partial charge in [-0.25, -0.2) is 4.79 Å². The molecule has 0 aromatic carbocycles. The lowest BCUT2D eigenvalue weighted by molar-refractivity contribution is 0.0694. The number of nitrogens with zero attached hydrogens (tertiary/aromatic N) is 3. The fourth-order valence-electron chi connectivity index (χ4n) is 3.63. The van der Waals surface area contributed by atoms with Crippen molar-refractivity contribution in [2.45, 2.75) is 44.0 Å². The Morgan fingerprint density at radius 2 is 2.09 bits per heavy atom. The van der Waals surface area contributed by atoms with Crippen molar-refractivity contribution in [3.63, 3.8) is 0 Å². The molecule has 6 nitrogen and oxygen atoms in total. The van der Waals surface area contributed by atoms with E-state index in [0.717, 1.165) is 12.0 Å². The van der Waals surface area contributed by atoms with Gasteiger partial charge < -0.3 is 10.0 Å². The quantitative estimate of drug-likeness (QED) is 0.772. The number of likely N-dealkylation sites (tertiary alicyclic amines) is 1. The monoisotopic (exact) mass is 369 g/mol. The maximum Gasteiger partial charge on any atom is 0.407 e. The van der Waals surface area contributed by atoms with Gasteiger partial charge in [-0.2, -0.15) is 5.10 Å². The molecule has 1 unspecified atom stereocenters. The Morgan fingerprint density at radius 3 is 2.64 bits per heavy atom. The second-order valence-corrected chi connectivity index (χ2v) is 7.51. The van der Waals surface area contributed by atoms with Crippen LogP contribution in [0.4, 0.5) is 4.79 Å². The van der Waals surface area contributed by atoms with E-state index in [9.17, 15) is 9.59 Å². The van der Waals surface area contributed by atoms with Gasteiger partial charge in [0, 0.05) is 24.7 Å². The van der Waals surface area contributed by atoms with Crippen molar-refractivity contribution < 1.29 is 14.7 Å². The van der Waals surface area contributed by atoms with E-state index in [1.165, 1.54) is 4.90 Å². The van der Waals surface area contributed by atoms with Gasteiger partial charge in [-0.3, -0.25) is 9.48 Å². The highest BCUT2D eigenvalue weighted by molar-refractivity contribution is 9.10. The number of hydrogen-bond donors (Lipinski definition) is 1. The molecule has 1 aliphatic carbocycles. The first-order valence-electron chi connectivity index (χ1n) is 7.58. The molecule has 22 heavy (non-hydrogen) atoms. The molecule has 1 aliphatic heterocycles. The normalized spacial score (nSPS) is 23.9. The van der Waals surface area contributed by atoms with Gasteiger partial charge in [-0.1, -0.05) is 15.9 Å². The molecule has 1 N–H and O–H groups in total. The third kappa shape index (κ3) is 2.26. The highest BCUT2D eigenvalue weighted by atomic mass is 79.9. The smallest absolute Gasteiger partial charge is 0.407 e. The summed E-state index contributed by atoms with van der Waals surface area (Å²) in [5.74, 6) is 0.0798. The second kappa shape index (κ2) is 5.37. The predicted molar refractivity (Wildman–Crippen MR) is 84.6 cm³/mol. The lowest BCUT2D eigenvalue weighted by Crippen LogP contribution is -2.51. The molecule has 1 spiro atoms. The molecular weight excluding hydrogens is 350 g/mol.